The maximum absolute atomic E-state index is 10.8. The van der Waals surface area contributed by atoms with Crippen LogP contribution in [0.1, 0.15) is 24.0 Å². The molecule has 1 N–H and O–H groups in total. The van der Waals surface area contributed by atoms with Crippen molar-refractivity contribution in [2.24, 2.45) is 0 Å². The molecule has 5 aromatic rings. The summed E-state index contributed by atoms with van der Waals surface area (Å²) in [7, 11) is 0. The van der Waals surface area contributed by atoms with Crippen LogP contribution in [-0.4, -0.2) is 10.1 Å². The second-order valence-electron chi connectivity index (χ2n) is 8.03. The third-order valence-electron chi connectivity index (χ3n) is 6.37. The van der Waals surface area contributed by atoms with Crippen LogP contribution in [0.5, 0.6) is 5.88 Å². The molecule has 140 valence electrons. The van der Waals surface area contributed by atoms with E-state index in [4.69, 9.17) is 0 Å². The number of nitrogens with zero attached hydrogens (tertiary/aromatic N) is 1. The molecule has 0 radical (unpaired) electrons. The van der Waals surface area contributed by atoms with Crippen molar-refractivity contribution in [3.63, 3.8) is 0 Å². The van der Waals surface area contributed by atoms with Crippen molar-refractivity contribution < 1.29 is 5.11 Å². The van der Waals surface area contributed by atoms with E-state index >= 15 is 0 Å². The van der Waals surface area contributed by atoms with E-state index in [9.17, 15) is 5.11 Å². The molecule has 0 saturated carbocycles. The first-order chi connectivity index (χ1) is 14.3. The third-order valence-corrected chi connectivity index (χ3v) is 6.37. The standard InChI is InChI=1S/C27H21NO/c29-27-25(15-18-8-2-6-12-26(18)28-27)24-16-23-19-9-3-1-7-17(19)13-14-22(23)20-10-4-5-11-21(20)24/h2,4-6,8,10-16H,1,3,7,9H2,(H,28,29). The molecule has 6 rings (SSSR count). The lowest BCUT2D eigenvalue weighted by molar-refractivity contribution is 0.458. The van der Waals surface area contributed by atoms with Gasteiger partial charge in [-0.2, -0.15) is 0 Å². The molecule has 4 aromatic carbocycles. The molecule has 0 unspecified atom stereocenters. The third kappa shape index (κ3) is 2.52. The molecule has 2 nitrogen and oxygen atoms in total. The lowest BCUT2D eigenvalue weighted by atomic mass is 9.84. The van der Waals surface area contributed by atoms with E-state index in [-0.39, 0.29) is 5.88 Å². The van der Waals surface area contributed by atoms with E-state index in [1.807, 2.05) is 18.2 Å². The lowest BCUT2D eigenvalue weighted by Crippen LogP contribution is -2.03. The Balaban J connectivity index is 1.75. The number of hydrogen-bond acceptors (Lipinski definition) is 2. The molecular weight excluding hydrogens is 354 g/mol. The summed E-state index contributed by atoms with van der Waals surface area (Å²) in [5, 5.41) is 16.9. The zero-order chi connectivity index (χ0) is 19.4. The van der Waals surface area contributed by atoms with Crippen molar-refractivity contribution in [2.45, 2.75) is 25.7 Å². The predicted molar refractivity (Wildman–Crippen MR) is 120 cm³/mol. The highest BCUT2D eigenvalue weighted by Gasteiger charge is 2.18. The molecule has 0 aliphatic heterocycles. The van der Waals surface area contributed by atoms with E-state index < -0.39 is 0 Å². The molecule has 0 amide bonds. The molecule has 1 aliphatic rings. The van der Waals surface area contributed by atoms with Crippen LogP contribution >= 0.6 is 0 Å². The number of fused-ring (bicyclic) bond motifs is 6. The van der Waals surface area contributed by atoms with Crippen molar-refractivity contribution >= 4 is 32.4 Å². The van der Waals surface area contributed by atoms with Crippen LogP contribution < -0.4 is 0 Å². The van der Waals surface area contributed by atoms with Gasteiger partial charge in [0.25, 0.3) is 0 Å². The number of rotatable bonds is 1. The summed E-state index contributed by atoms with van der Waals surface area (Å²) in [6.07, 6.45) is 4.81. The fraction of sp³-hybridized carbons (Fsp3) is 0.148. The minimum atomic E-state index is 0.0954. The first kappa shape index (κ1) is 16.6. The molecular formula is C27H21NO. The molecule has 1 aliphatic carbocycles. The summed E-state index contributed by atoms with van der Waals surface area (Å²) >= 11 is 0. The first-order valence-electron chi connectivity index (χ1n) is 10.3. The Morgan fingerprint density at radius 3 is 2.34 bits per heavy atom. The van der Waals surface area contributed by atoms with Crippen LogP contribution in [0, 0.1) is 0 Å². The minimum Gasteiger partial charge on any atom is -0.493 e. The van der Waals surface area contributed by atoms with Gasteiger partial charge < -0.3 is 5.11 Å². The quantitative estimate of drug-likeness (QED) is 0.327. The van der Waals surface area contributed by atoms with Gasteiger partial charge in [0.05, 0.1) is 5.52 Å². The van der Waals surface area contributed by atoms with Gasteiger partial charge in [0.2, 0.25) is 5.88 Å². The summed E-state index contributed by atoms with van der Waals surface area (Å²) in [5.74, 6) is 0.0954. The highest BCUT2D eigenvalue weighted by Crippen LogP contribution is 2.41. The topological polar surface area (TPSA) is 33.1 Å². The number of aromatic nitrogens is 1. The molecule has 0 spiro atoms. The zero-order valence-corrected chi connectivity index (χ0v) is 16.2. The van der Waals surface area contributed by atoms with Crippen molar-refractivity contribution in [3.8, 4) is 17.0 Å². The van der Waals surface area contributed by atoms with Gasteiger partial charge in [-0.15, -0.1) is 0 Å². The van der Waals surface area contributed by atoms with Crippen LogP contribution in [0.25, 0.3) is 43.6 Å². The lowest BCUT2D eigenvalue weighted by Gasteiger charge is -2.20. The van der Waals surface area contributed by atoms with Gasteiger partial charge >= 0.3 is 0 Å². The fourth-order valence-electron chi connectivity index (χ4n) is 4.96. The van der Waals surface area contributed by atoms with E-state index in [0.717, 1.165) is 40.3 Å². The van der Waals surface area contributed by atoms with Crippen LogP contribution in [0.15, 0.2) is 72.8 Å². The Bertz CT molecular complexity index is 1420. The maximum Gasteiger partial charge on any atom is 0.219 e. The van der Waals surface area contributed by atoms with Crippen LogP contribution in [0.2, 0.25) is 0 Å². The Labute approximate surface area is 169 Å². The summed E-state index contributed by atoms with van der Waals surface area (Å²) < 4.78 is 0. The van der Waals surface area contributed by atoms with Crippen LogP contribution in [0.4, 0.5) is 0 Å². The Morgan fingerprint density at radius 1 is 0.655 bits per heavy atom. The Hall–Kier alpha value is -3.39. The summed E-state index contributed by atoms with van der Waals surface area (Å²) in [5.41, 5.74) is 5.63. The molecule has 29 heavy (non-hydrogen) atoms. The number of aromatic hydroxyl groups is 1. The minimum absolute atomic E-state index is 0.0954. The molecule has 0 fully saturated rings. The SMILES string of the molecule is Oc1nc2ccccc2cc1-c1cc2c3c(ccc2c2ccccc12)CCCC3. The van der Waals surface area contributed by atoms with E-state index in [2.05, 4.69) is 59.6 Å². The molecule has 0 bridgehead atoms. The Kier molecular flexibility index (Phi) is 3.60. The Morgan fingerprint density at radius 2 is 1.41 bits per heavy atom. The van der Waals surface area contributed by atoms with Crippen molar-refractivity contribution in [3.05, 3.63) is 83.9 Å². The summed E-state index contributed by atoms with van der Waals surface area (Å²) in [4.78, 5) is 4.48. The second-order valence-corrected chi connectivity index (χ2v) is 8.03. The zero-order valence-electron chi connectivity index (χ0n) is 16.2. The highest BCUT2D eigenvalue weighted by molar-refractivity contribution is 6.15. The van der Waals surface area contributed by atoms with Crippen molar-refractivity contribution in [1.29, 1.82) is 0 Å². The normalized spacial score (nSPS) is 13.8. The van der Waals surface area contributed by atoms with E-state index in [1.165, 1.54) is 40.1 Å². The summed E-state index contributed by atoms with van der Waals surface area (Å²) in [6.45, 7) is 0. The van der Waals surface area contributed by atoms with Crippen molar-refractivity contribution in [1.82, 2.24) is 4.98 Å². The maximum atomic E-state index is 10.8. The first-order valence-corrected chi connectivity index (χ1v) is 10.3. The van der Waals surface area contributed by atoms with Gasteiger partial charge in [-0.1, -0.05) is 54.6 Å². The smallest absolute Gasteiger partial charge is 0.219 e. The van der Waals surface area contributed by atoms with E-state index in [0.29, 0.717) is 0 Å². The average molecular weight is 375 g/mol. The average Bonchev–Trinajstić information content (AvgIpc) is 2.78. The predicted octanol–water partition coefficient (Wildman–Crippen LogP) is 6.79. The van der Waals surface area contributed by atoms with Gasteiger partial charge in [0, 0.05) is 10.9 Å². The summed E-state index contributed by atoms with van der Waals surface area (Å²) in [6, 6.07) is 25.4. The van der Waals surface area contributed by atoms with Crippen molar-refractivity contribution in [2.75, 3.05) is 0 Å². The van der Waals surface area contributed by atoms with E-state index in [1.54, 1.807) is 0 Å². The second kappa shape index (κ2) is 6.31. The number of hydrogen-bond donors (Lipinski definition) is 1. The van der Waals surface area contributed by atoms with Gasteiger partial charge in [-0.25, -0.2) is 4.98 Å². The van der Waals surface area contributed by atoms with Gasteiger partial charge in [0.1, 0.15) is 0 Å². The van der Waals surface area contributed by atoms with Gasteiger partial charge in [0.15, 0.2) is 0 Å². The van der Waals surface area contributed by atoms with Gasteiger partial charge in [-0.3, -0.25) is 0 Å². The molecule has 1 aromatic heterocycles. The molecule has 1 heterocycles. The van der Waals surface area contributed by atoms with Crippen LogP contribution in [-0.2, 0) is 12.8 Å². The molecule has 2 heteroatoms. The number of pyridine rings is 1. The van der Waals surface area contributed by atoms with Crippen LogP contribution in [0.3, 0.4) is 0 Å². The fourth-order valence-corrected chi connectivity index (χ4v) is 4.96. The molecule has 0 saturated heterocycles. The largest absolute Gasteiger partial charge is 0.493 e. The van der Waals surface area contributed by atoms with Gasteiger partial charge in [-0.05, 0) is 82.1 Å². The highest BCUT2D eigenvalue weighted by atomic mass is 16.3. The number of aryl methyl sites for hydroxylation is 2. The number of benzene rings is 4. The monoisotopic (exact) mass is 375 g/mol. The number of para-hydroxylation sites is 1. The molecule has 0 atom stereocenters.